The predicted molar refractivity (Wildman–Crippen MR) is 105 cm³/mol. The van der Waals surface area contributed by atoms with Gasteiger partial charge in [-0.05, 0) is 42.8 Å². The highest BCUT2D eigenvalue weighted by molar-refractivity contribution is 5.83. The van der Waals surface area contributed by atoms with E-state index in [1.54, 1.807) is 25.4 Å². The van der Waals surface area contributed by atoms with E-state index in [0.29, 0.717) is 33.3 Å². The molecule has 0 unspecified atom stereocenters. The molecule has 0 aliphatic heterocycles. The van der Waals surface area contributed by atoms with Crippen molar-refractivity contribution in [1.29, 1.82) is 0 Å². The van der Waals surface area contributed by atoms with E-state index in [1.165, 1.54) is 24.3 Å². The fourth-order valence-corrected chi connectivity index (χ4v) is 3.21. The molecule has 2 aromatic heterocycles. The Balaban J connectivity index is 1.74. The number of hydrogen-bond donors (Lipinski definition) is 1. The number of halogens is 3. The van der Waals surface area contributed by atoms with Crippen LogP contribution in [-0.2, 0) is 0 Å². The minimum absolute atomic E-state index is 0.0617. The number of aromatic amines is 1. The van der Waals surface area contributed by atoms with Crippen LogP contribution in [0, 0.1) is 6.92 Å². The quantitative estimate of drug-likeness (QED) is 0.500. The van der Waals surface area contributed by atoms with Crippen molar-refractivity contribution in [2.75, 3.05) is 0 Å². The van der Waals surface area contributed by atoms with Gasteiger partial charge in [0.15, 0.2) is 5.43 Å². The molecule has 0 fully saturated rings. The van der Waals surface area contributed by atoms with Gasteiger partial charge in [-0.25, -0.2) is 0 Å². The first kappa shape index (κ1) is 18.7. The molecule has 0 atom stereocenters. The van der Waals surface area contributed by atoms with Crippen molar-refractivity contribution in [2.45, 2.75) is 13.3 Å². The molecular formula is C22H15F3N2O2. The van der Waals surface area contributed by atoms with Gasteiger partial charge in [-0.2, -0.15) is 0 Å². The lowest BCUT2D eigenvalue weighted by Gasteiger charge is -2.11. The second-order valence-electron chi connectivity index (χ2n) is 6.53. The molecule has 2 heterocycles. The van der Waals surface area contributed by atoms with Gasteiger partial charge < -0.3 is 9.72 Å². The lowest BCUT2D eigenvalue weighted by molar-refractivity contribution is -0.274. The van der Waals surface area contributed by atoms with Gasteiger partial charge in [0.2, 0.25) is 0 Å². The predicted octanol–water partition coefficient (Wildman–Crippen LogP) is 5.46. The van der Waals surface area contributed by atoms with Gasteiger partial charge in [-0.15, -0.1) is 13.2 Å². The lowest BCUT2D eigenvalue weighted by Crippen LogP contribution is -2.16. The van der Waals surface area contributed by atoms with E-state index in [0.717, 1.165) is 5.52 Å². The van der Waals surface area contributed by atoms with Crippen molar-refractivity contribution in [2.24, 2.45) is 0 Å². The van der Waals surface area contributed by atoms with Crippen molar-refractivity contribution in [3.05, 3.63) is 82.8 Å². The molecule has 0 saturated heterocycles. The van der Waals surface area contributed by atoms with Crippen LogP contribution in [0.25, 0.3) is 33.3 Å². The third-order valence-electron chi connectivity index (χ3n) is 4.60. The van der Waals surface area contributed by atoms with E-state index in [9.17, 15) is 18.0 Å². The number of para-hydroxylation sites is 1. The fraction of sp³-hybridized carbons (Fsp3) is 0.0909. The molecule has 2 aromatic carbocycles. The number of nitrogens with one attached hydrogen (secondary N) is 1. The van der Waals surface area contributed by atoms with Crippen molar-refractivity contribution in [1.82, 2.24) is 9.97 Å². The van der Waals surface area contributed by atoms with Crippen LogP contribution in [0.2, 0.25) is 0 Å². The van der Waals surface area contributed by atoms with Crippen LogP contribution < -0.4 is 10.2 Å². The topological polar surface area (TPSA) is 55.0 Å². The van der Waals surface area contributed by atoms with E-state index in [4.69, 9.17) is 0 Å². The van der Waals surface area contributed by atoms with E-state index >= 15 is 0 Å². The molecule has 0 spiro atoms. The van der Waals surface area contributed by atoms with Crippen LogP contribution in [-0.4, -0.2) is 16.3 Å². The maximum absolute atomic E-state index is 12.7. The molecule has 4 nitrogen and oxygen atoms in total. The largest absolute Gasteiger partial charge is 0.573 e. The average molecular weight is 396 g/mol. The second-order valence-corrected chi connectivity index (χ2v) is 6.53. The van der Waals surface area contributed by atoms with Gasteiger partial charge in [-0.1, -0.05) is 24.3 Å². The Morgan fingerprint density at radius 1 is 0.931 bits per heavy atom. The summed E-state index contributed by atoms with van der Waals surface area (Å²) in [4.78, 5) is 20.2. The number of fused-ring (bicyclic) bond motifs is 1. The first-order valence-corrected chi connectivity index (χ1v) is 8.75. The SMILES string of the molecule is Cc1c(-c2cncc(-c3ccc(OC(F)(F)F)cc3)c2)[nH]c2ccccc2c1=O. The zero-order chi connectivity index (χ0) is 20.6. The van der Waals surface area contributed by atoms with Crippen molar-refractivity contribution < 1.29 is 17.9 Å². The molecule has 0 aliphatic carbocycles. The highest BCUT2D eigenvalue weighted by Gasteiger charge is 2.30. The Bertz CT molecular complexity index is 1250. The first-order chi connectivity index (χ1) is 13.8. The molecule has 0 bridgehead atoms. The molecule has 4 rings (SSSR count). The number of pyridine rings is 2. The lowest BCUT2D eigenvalue weighted by atomic mass is 10.0. The van der Waals surface area contributed by atoms with E-state index in [1.807, 2.05) is 24.3 Å². The average Bonchev–Trinajstić information content (AvgIpc) is 2.70. The molecule has 7 heteroatoms. The number of ether oxygens (including phenoxy) is 1. The number of aromatic nitrogens is 2. The van der Waals surface area contributed by atoms with E-state index < -0.39 is 6.36 Å². The van der Waals surface area contributed by atoms with Gasteiger partial charge in [0.25, 0.3) is 0 Å². The third kappa shape index (κ3) is 3.85. The fourth-order valence-electron chi connectivity index (χ4n) is 3.21. The molecule has 0 radical (unpaired) electrons. The smallest absolute Gasteiger partial charge is 0.406 e. The summed E-state index contributed by atoms with van der Waals surface area (Å²) in [5.74, 6) is -0.292. The summed E-state index contributed by atoms with van der Waals surface area (Å²) >= 11 is 0. The zero-order valence-corrected chi connectivity index (χ0v) is 15.2. The van der Waals surface area contributed by atoms with Crippen LogP contribution >= 0.6 is 0 Å². The number of benzene rings is 2. The molecule has 0 amide bonds. The summed E-state index contributed by atoms with van der Waals surface area (Å²) in [6.45, 7) is 1.75. The van der Waals surface area contributed by atoms with Crippen LogP contribution in [0.3, 0.4) is 0 Å². The van der Waals surface area contributed by atoms with Gasteiger partial charge in [-0.3, -0.25) is 9.78 Å². The Kier molecular flexibility index (Phi) is 4.58. The molecule has 1 N–H and O–H groups in total. The van der Waals surface area contributed by atoms with E-state index in [2.05, 4.69) is 14.7 Å². The molecule has 0 saturated carbocycles. The monoisotopic (exact) mass is 396 g/mol. The third-order valence-corrected chi connectivity index (χ3v) is 4.60. The number of hydrogen-bond acceptors (Lipinski definition) is 3. The summed E-state index contributed by atoms with van der Waals surface area (Å²) in [5.41, 5.74) is 3.96. The summed E-state index contributed by atoms with van der Waals surface area (Å²) in [7, 11) is 0. The van der Waals surface area contributed by atoms with Crippen molar-refractivity contribution >= 4 is 10.9 Å². The summed E-state index contributed by atoms with van der Waals surface area (Å²) in [5, 5.41) is 0.609. The van der Waals surface area contributed by atoms with Crippen LogP contribution in [0.1, 0.15) is 5.56 Å². The minimum atomic E-state index is -4.73. The van der Waals surface area contributed by atoms with Gasteiger partial charge >= 0.3 is 6.36 Å². The van der Waals surface area contributed by atoms with E-state index in [-0.39, 0.29) is 11.2 Å². The Morgan fingerprint density at radius 2 is 1.62 bits per heavy atom. The molecule has 146 valence electrons. The van der Waals surface area contributed by atoms with Crippen LogP contribution in [0.15, 0.2) is 71.8 Å². The molecule has 4 aromatic rings. The number of nitrogens with zero attached hydrogens (tertiary/aromatic N) is 1. The second kappa shape index (κ2) is 7.09. The summed E-state index contributed by atoms with van der Waals surface area (Å²) in [6.07, 6.45) is -1.49. The summed E-state index contributed by atoms with van der Waals surface area (Å²) < 4.78 is 40.9. The van der Waals surface area contributed by atoms with Crippen molar-refractivity contribution in [3.63, 3.8) is 0 Å². The number of rotatable bonds is 3. The van der Waals surface area contributed by atoms with Crippen LogP contribution in [0.4, 0.5) is 13.2 Å². The highest BCUT2D eigenvalue weighted by Crippen LogP contribution is 2.29. The number of H-pyrrole nitrogens is 1. The molecule has 0 aliphatic rings. The summed E-state index contributed by atoms with van der Waals surface area (Å²) in [6, 6.07) is 14.6. The maximum Gasteiger partial charge on any atom is 0.573 e. The highest BCUT2D eigenvalue weighted by atomic mass is 19.4. The zero-order valence-electron chi connectivity index (χ0n) is 15.2. The maximum atomic E-state index is 12.7. The molecular weight excluding hydrogens is 381 g/mol. The van der Waals surface area contributed by atoms with Crippen molar-refractivity contribution in [3.8, 4) is 28.1 Å². The Morgan fingerprint density at radius 3 is 2.34 bits per heavy atom. The standard InChI is InChI=1S/C22H15F3N2O2/c1-13-20(27-19-5-3-2-4-18(19)21(13)28)16-10-15(11-26-12-16)14-6-8-17(9-7-14)29-22(23,24)25/h2-12H,1H3,(H,27,28). The Hall–Kier alpha value is -3.61. The van der Waals surface area contributed by atoms with Gasteiger partial charge in [0.1, 0.15) is 5.75 Å². The minimum Gasteiger partial charge on any atom is -0.406 e. The normalized spacial score (nSPS) is 11.6. The van der Waals surface area contributed by atoms with Gasteiger partial charge in [0.05, 0.1) is 5.69 Å². The number of alkyl halides is 3. The van der Waals surface area contributed by atoms with Gasteiger partial charge in [0, 0.05) is 40.0 Å². The first-order valence-electron chi connectivity index (χ1n) is 8.75. The molecule has 29 heavy (non-hydrogen) atoms. The van der Waals surface area contributed by atoms with Crippen LogP contribution in [0.5, 0.6) is 5.75 Å². The Labute approximate surface area is 163 Å².